The van der Waals surface area contributed by atoms with Crippen LogP contribution in [0.1, 0.15) is 43.8 Å². The first-order valence-electron chi connectivity index (χ1n) is 4.84. The average molecular weight is 175 g/mol. The number of rotatable bonds is 1. The Morgan fingerprint density at radius 3 is 2.85 bits per heavy atom. The van der Waals surface area contributed by atoms with Gasteiger partial charge in [-0.25, -0.2) is 4.98 Å². The van der Waals surface area contributed by atoms with Crippen LogP contribution in [0.3, 0.4) is 0 Å². The fourth-order valence-corrected chi connectivity index (χ4v) is 2.04. The highest BCUT2D eigenvalue weighted by Gasteiger charge is 2.16. The molecular formula is C10H13N3. The Balaban J connectivity index is 2.19. The summed E-state index contributed by atoms with van der Waals surface area (Å²) in [5.74, 6) is 0. The maximum atomic E-state index is 8.83. The van der Waals surface area contributed by atoms with Gasteiger partial charge in [-0.3, -0.25) is 0 Å². The number of hydrogen-bond donors (Lipinski definition) is 0. The lowest BCUT2D eigenvalue weighted by Gasteiger charge is -2.23. The van der Waals surface area contributed by atoms with Crippen molar-refractivity contribution in [1.82, 2.24) is 9.55 Å². The fourth-order valence-electron chi connectivity index (χ4n) is 2.04. The second kappa shape index (κ2) is 3.61. The molecule has 3 heteroatoms. The highest BCUT2D eigenvalue weighted by molar-refractivity contribution is 5.18. The second-order valence-electron chi connectivity index (χ2n) is 3.59. The third-order valence-corrected chi connectivity index (χ3v) is 2.75. The molecule has 0 aromatic carbocycles. The van der Waals surface area contributed by atoms with Crippen molar-refractivity contribution >= 4 is 0 Å². The largest absolute Gasteiger partial charge is 0.319 e. The van der Waals surface area contributed by atoms with Crippen LogP contribution in [-0.2, 0) is 0 Å². The summed E-state index contributed by atoms with van der Waals surface area (Å²) in [4.78, 5) is 4.01. The van der Waals surface area contributed by atoms with Crippen LogP contribution in [-0.4, -0.2) is 9.55 Å². The first-order valence-corrected chi connectivity index (χ1v) is 4.84. The Kier molecular flexibility index (Phi) is 2.31. The number of nitrogens with zero attached hydrogens (tertiary/aromatic N) is 3. The average Bonchev–Trinajstić information content (AvgIpc) is 2.67. The van der Waals surface area contributed by atoms with Gasteiger partial charge in [0.15, 0.2) is 0 Å². The van der Waals surface area contributed by atoms with Gasteiger partial charge in [0.25, 0.3) is 0 Å². The van der Waals surface area contributed by atoms with E-state index in [9.17, 15) is 0 Å². The molecule has 68 valence electrons. The molecule has 1 aliphatic rings. The molecule has 0 amide bonds. The van der Waals surface area contributed by atoms with E-state index in [-0.39, 0.29) is 0 Å². The summed E-state index contributed by atoms with van der Waals surface area (Å²) in [7, 11) is 0. The summed E-state index contributed by atoms with van der Waals surface area (Å²) < 4.78 is 2.03. The molecule has 0 radical (unpaired) electrons. The van der Waals surface area contributed by atoms with Crippen molar-refractivity contribution in [3.8, 4) is 6.07 Å². The predicted molar refractivity (Wildman–Crippen MR) is 49.1 cm³/mol. The lowest BCUT2D eigenvalue weighted by Crippen LogP contribution is -2.13. The molecular weight excluding hydrogens is 162 g/mol. The van der Waals surface area contributed by atoms with E-state index in [1.165, 1.54) is 32.1 Å². The van der Waals surface area contributed by atoms with Gasteiger partial charge in [0.2, 0.25) is 0 Å². The molecule has 0 atom stereocenters. The number of nitriles is 1. The summed E-state index contributed by atoms with van der Waals surface area (Å²) in [6.45, 7) is 0. The van der Waals surface area contributed by atoms with Crippen molar-refractivity contribution in [2.24, 2.45) is 0 Å². The summed E-state index contributed by atoms with van der Waals surface area (Å²) in [5, 5.41) is 8.83. The Morgan fingerprint density at radius 2 is 2.15 bits per heavy atom. The maximum Gasteiger partial charge on any atom is 0.140 e. The standard InChI is InChI=1S/C10H13N3/c11-6-10-7-12-8-13(10)9-4-2-1-3-5-9/h7-9H,1-5H2. The summed E-state index contributed by atoms with van der Waals surface area (Å²) in [6.07, 6.45) is 9.74. The van der Waals surface area contributed by atoms with Crippen LogP contribution in [0.2, 0.25) is 0 Å². The molecule has 1 heterocycles. The number of hydrogen-bond acceptors (Lipinski definition) is 2. The highest BCUT2D eigenvalue weighted by Crippen LogP contribution is 2.28. The van der Waals surface area contributed by atoms with Crippen molar-refractivity contribution in [3.63, 3.8) is 0 Å². The van der Waals surface area contributed by atoms with Gasteiger partial charge in [0, 0.05) is 6.04 Å². The van der Waals surface area contributed by atoms with Crippen LogP contribution in [0.4, 0.5) is 0 Å². The van der Waals surface area contributed by atoms with Gasteiger partial charge in [0.05, 0.1) is 12.5 Å². The third kappa shape index (κ3) is 1.57. The molecule has 0 saturated heterocycles. The molecule has 1 saturated carbocycles. The van der Waals surface area contributed by atoms with Crippen LogP contribution in [0.5, 0.6) is 0 Å². The van der Waals surface area contributed by atoms with Gasteiger partial charge in [-0.15, -0.1) is 0 Å². The van der Waals surface area contributed by atoms with Gasteiger partial charge in [-0.1, -0.05) is 19.3 Å². The smallest absolute Gasteiger partial charge is 0.140 e. The summed E-state index contributed by atoms with van der Waals surface area (Å²) in [6, 6.07) is 2.69. The van der Waals surface area contributed by atoms with Gasteiger partial charge < -0.3 is 4.57 Å². The van der Waals surface area contributed by atoms with Crippen molar-refractivity contribution in [1.29, 1.82) is 5.26 Å². The zero-order chi connectivity index (χ0) is 9.10. The Bertz CT molecular complexity index is 315. The van der Waals surface area contributed by atoms with Gasteiger partial charge in [0.1, 0.15) is 11.8 Å². The van der Waals surface area contributed by atoms with Crippen molar-refractivity contribution in [2.45, 2.75) is 38.1 Å². The number of imidazole rings is 1. The van der Waals surface area contributed by atoms with E-state index >= 15 is 0 Å². The highest BCUT2D eigenvalue weighted by atomic mass is 15.1. The quantitative estimate of drug-likeness (QED) is 0.657. The SMILES string of the molecule is N#Cc1cncn1C1CCCCC1. The Hall–Kier alpha value is -1.30. The van der Waals surface area contributed by atoms with Crippen LogP contribution < -0.4 is 0 Å². The first kappa shape index (κ1) is 8.31. The molecule has 1 aromatic rings. The van der Waals surface area contributed by atoms with Gasteiger partial charge in [-0.2, -0.15) is 5.26 Å². The molecule has 1 aromatic heterocycles. The minimum Gasteiger partial charge on any atom is -0.319 e. The van der Waals surface area contributed by atoms with Crippen LogP contribution in [0, 0.1) is 11.3 Å². The third-order valence-electron chi connectivity index (χ3n) is 2.75. The first-order chi connectivity index (χ1) is 6.42. The maximum absolute atomic E-state index is 8.83. The molecule has 0 spiro atoms. The van der Waals surface area contributed by atoms with Gasteiger partial charge >= 0.3 is 0 Å². The van der Waals surface area contributed by atoms with E-state index in [1.54, 1.807) is 12.5 Å². The topological polar surface area (TPSA) is 41.6 Å². The normalized spacial score (nSPS) is 18.4. The lowest BCUT2D eigenvalue weighted by atomic mass is 9.95. The van der Waals surface area contributed by atoms with Crippen LogP contribution in [0.25, 0.3) is 0 Å². The molecule has 2 rings (SSSR count). The summed E-state index contributed by atoms with van der Waals surface area (Å²) >= 11 is 0. The molecule has 0 aliphatic heterocycles. The van der Waals surface area contributed by atoms with Crippen LogP contribution >= 0.6 is 0 Å². The predicted octanol–water partition coefficient (Wildman–Crippen LogP) is 2.26. The van der Waals surface area contributed by atoms with E-state index < -0.39 is 0 Å². The molecule has 0 N–H and O–H groups in total. The minimum absolute atomic E-state index is 0.519. The lowest BCUT2D eigenvalue weighted by molar-refractivity contribution is 0.351. The molecule has 13 heavy (non-hydrogen) atoms. The van der Waals surface area contributed by atoms with E-state index in [0.29, 0.717) is 11.7 Å². The van der Waals surface area contributed by atoms with Crippen molar-refractivity contribution in [2.75, 3.05) is 0 Å². The zero-order valence-corrected chi connectivity index (χ0v) is 7.61. The molecule has 3 nitrogen and oxygen atoms in total. The molecule has 0 bridgehead atoms. The summed E-state index contributed by atoms with van der Waals surface area (Å²) in [5.41, 5.74) is 0.701. The van der Waals surface area contributed by atoms with Crippen molar-refractivity contribution in [3.05, 3.63) is 18.2 Å². The van der Waals surface area contributed by atoms with E-state index in [4.69, 9.17) is 5.26 Å². The van der Waals surface area contributed by atoms with E-state index in [2.05, 4.69) is 11.1 Å². The minimum atomic E-state index is 0.519. The second-order valence-corrected chi connectivity index (χ2v) is 3.59. The van der Waals surface area contributed by atoms with Crippen molar-refractivity contribution < 1.29 is 0 Å². The molecule has 1 fully saturated rings. The Labute approximate surface area is 78.0 Å². The molecule has 0 unspecified atom stereocenters. The zero-order valence-electron chi connectivity index (χ0n) is 7.61. The Morgan fingerprint density at radius 1 is 1.38 bits per heavy atom. The van der Waals surface area contributed by atoms with Gasteiger partial charge in [-0.05, 0) is 12.8 Å². The monoisotopic (exact) mass is 175 g/mol. The number of aromatic nitrogens is 2. The van der Waals surface area contributed by atoms with E-state index in [1.807, 2.05) is 4.57 Å². The molecule has 1 aliphatic carbocycles. The fraction of sp³-hybridized carbons (Fsp3) is 0.600. The van der Waals surface area contributed by atoms with E-state index in [0.717, 1.165) is 0 Å². The van der Waals surface area contributed by atoms with Crippen LogP contribution in [0.15, 0.2) is 12.5 Å².